The Hall–Kier alpha value is -2.14. The summed E-state index contributed by atoms with van der Waals surface area (Å²) in [6.07, 6.45) is 2.46. The number of para-hydroxylation sites is 1. The van der Waals surface area contributed by atoms with Crippen molar-refractivity contribution in [2.24, 2.45) is 0 Å². The number of carboxylic acids is 1. The Morgan fingerprint density at radius 2 is 1.88 bits per heavy atom. The van der Waals surface area contributed by atoms with Gasteiger partial charge in [0.25, 0.3) is 0 Å². The minimum Gasteiger partial charge on any atom is -0.478 e. The van der Waals surface area contributed by atoms with E-state index in [-0.39, 0.29) is 5.56 Å². The van der Waals surface area contributed by atoms with Crippen molar-refractivity contribution < 1.29 is 9.90 Å². The van der Waals surface area contributed by atoms with Crippen LogP contribution in [-0.4, -0.2) is 21.0 Å². The first-order valence-electron chi connectivity index (χ1n) is 4.74. The Balaban J connectivity index is 2.20. The van der Waals surface area contributed by atoms with Gasteiger partial charge in [0.1, 0.15) is 0 Å². The largest absolute Gasteiger partial charge is 0.478 e. The molecule has 0 aliphatic heterocycles. The number of carbonyl (C=O) groups is 1. The fourth-order valence-corrected chi connectivity index (χ4v) is 1.37. The molecule has 2 aromatic rings. The Morgan fingerprint density at radius 3 is 2.47 bits per heavy atom. The summed E-state index contributed by atoms with van der Waals surface area (Å²) in [7, 11) is 0. The summed E-state index contributed by atoms with van der Waals surface area (Å²) in [5.41, 5.74) is 0.701. The molecule has 0 aliphatic carbocycles. The molecular formula is C11H8ClN3O2. The first-order valence-corrected chi connectivity index (χ1v) is 5.11. The van der Waals surface area contributed by atoms with E-state index in [1.54, 1.807) is 12.1 Å². The molecule has 5 nitrogen and oxygen atoms in total. The zero-order chi connectivity index (χ0) is 12.3. The first kappa shape index (κ1) is 11.3. The normalized spacial score (nSPS) is 9.94. The average molecular weight is 250 g/mol. The quantitative estimate of drug-likeness (QED) is 0.874. The summed E-state index contributed by atoms with van der Waals surface area (Å²) in [5, 5.41) is 12.1. The number of hydrogen-bond acceptors (Lipinski definition) is 4. The van der Waals surface area contributed by atoms with E-state index in [4.69, 9.17) is 16.7 Å². The molecule has 1 heterocycles. The van der Waals surface area contributed by atoms with E-state index in [9.17, 15) is 4.79 Å². The van der Waals surface area contributed by atoms with Gasteiger partial charge in [-0.25, -0.2) is 14.8 Å². The Bertz CT molecular complexity index is 543. The van der Waals surface area contributed by atoms with Crippen molar-refractivity contribution in [3.63, 3.8) is 0 Å². The highest BCUT2D eigenvalue weighted by atomic mass is 35.5. The van der Waals surface area contributed by atoms with Crippen molar-refractivity contribution in [3.8, 4) is 0 Å². The number of hydrogen-bond donors (Lipinski definition) is 2. The number of aromatic nitrogens is 2. The number of halogens is 1. The predicted octanol–water partition coefficient (Wildman–Crippen LogP) is 2.57. The van der Waals surface area contributed by atoms with Crippen molar-refractivity contribution in [2.75, 3.05) is 5.32 Å². The second-order valence-corrected chi connectivity index (χ2v) is 3.61. The van der Waals surface area contributed by atoms with Gasteiger partial charge < -0.3 is 10.4 Å². The number of nitrogens with one attached hydrogen (secondary N) is 1. The van der Waals surface area contributed by atoms with E-state index in [0.717, 1.165) is 0 Å². The molecule has 17 heavy (non-hydrogen) atoms. The van der Waals surface area contributed by atoms with E-state index in [0.29, 0.717) is 16.7 Å². The lowest BCUT2D eigenvalue weighted by molar-refractivity contribution is 0.0696. The molecule has 86 valence electrons. The second-order valence-electron chi connectivity index (χ2n) is 3.21. The fourth-order valence-electron chi connectivity index (χ4n) is 1.19. The predicted molar refractivity (Wildman–Crippen MR) is 63.7 cm³/mol. The Labute approximate surface area is 102 Å². The number of rotatable bonds is 3. The van der Waals surface area contributed by atoms with Crippen LogP contribution in [0.25, 0.3) is 0 Å². The molecule has 1 aromatic carbocycles. The minimum absolute atomic E-state index is 0.0368. The van der Waals surface area contributed by atoms with E-state index in [1.165, 1.54) is 12.4 Å². The molecule has 0 amide bonds. The molecule has 2 N–H and O–H groups in total. The summed E-state index contributed by atoms with van der Waals surface area (Å²) >= 11 is 5.94. The molecule has 2 rings (SSSR count). The van der Waals surface area contributed by atoms with Crippen LogP contribution in [0.15, 0.2) is 36.7 Å². The van der Waals surface area contributed by atoms with Gasteiger partial charge in [-0.1, -0.05) is 23.7 Å². The number of aromatic carboxylic acids is 1. The molecular weight excluding hydrogens is 242 g/mol. The Kier molecular flexibility index (Phi) is 3.20. The second kappa shape index (κ2) is 4.80. The third-order valence-corrected chi connectivity index (χ3v) is 2.35. The number of nitrogens with zero attached hydrogens (tertiary/aromatic N) is 2. The summed E-state index contributed by atoms with van der Waals surface area (Å²) in [6.45, 7) is 0. The monoisotopic (exact) mass is 249 g/mol. The lowest BCUT2D eigenvalue weighted by Gasteiger charge is -2.05. The van der Waals surface area contributed by atoms with E-state index < -0.39 is 5.97 Å². The molecule has 0 saturated heterocycles. The van der Waals surface area contributed by atoms with Crippen molar-refractivity contribution >= 4 is 29.2 Å². The molecule has 0 fully saturated rings. The summed E-state index contributed by atoms with van der Waals surface area (Å²) in [4.78, 5) is 18.4. The molecule has 0 unspecified atom stereocenters. The third-order valence-electron chi connectivity index (χ3n) is 2.02. The molecule has 0 spiro atoms. The number of benzene rings is 1. The fraction of sp³-hybridized carbons (Fsp3) is 0. The highest BCUT2D eigenvalue weighted by Gasteiger charge is 2.05. The molecule has 0 radical (unpaired) electrons. The molecule has 0 bridgehead atoms. The number of carboxylic acid groups (broad SMARTS) is 1. The van der Waals surface area contributed by atoms with E-state index in [2.05, 4.69) is 15.3 Å². The third kappa shape index (κ3) is 2.70. The van der Waals surface area contributed by atoms with Crippen LogP contribution in [0.2, 0.25) is 5.02 Å². The van der Waals surface area contributed by atoms with Crippen LogP contribution in [0.4, 0.5) is 11.6 Å². The van der Waals surface area contributed by atoms with Crippen molar-refractivity contribution in [3.05, 3.63) is 47.2 Å². The van der Waals surface area contributed by atoms with Gasteiger partial charge in [-0.2, -0.15) is 0 Å². The van der Waals surface area contributed by atoms with Gasteiger partial charge in [-0.15, -0.1) is 0 Å². The molecule has 1 aromatic heterocycles. The van der Waals surface area contributed by atoms with Crippen molar-refractivity contribution in [2.45, 2.75) is 0 Å². The average Bonchev–Trinajstić information content (AvgIpc) is 2.33. The van der Waals surface area contributed by atoms with E-state index in [1.807, 2.05) is 12.1 Å². The summed E-state index contributed by atoms with van der Waals surface area (Å²) in [6, 6.07) is 7.13. The van der Waals surface area contributed by atoms with Gasteiger partial charge in [0.05, 0.1) is 16.3 Å². The molecule has 6 heteroatoms. The Morgan fingerprint density at radius 1 is 1.24 bits per heavy atom. The maximum Gasteiger partial charge on any atom is 0.338 e. The number of anilines is 2. The van der Waals surface area contributed by atoms with Gasteiger partial charge >= 0.3 is 5.97 Å². The smallest absolute Gasteiger partial charge is 0.338 e. The zero-order valence-electron chi connectivity index (χ0n) is 8.59. The van der Waals surface area contributed by atoms with Crippen molar-refractivity contribution in [1.29, 1.82) is 0 Å². The maximum absolute atomic E-state index is 10.6. The lowest BCUT2D eigenvalue weighted by Crippen LogP contribution is -2.02. The van der Waals surface area contributed by atoms with Gasteiger partial charge in [0.2, 0.25) is 5.95 Å². The van der Waals surface area contributed by atoms with Crippen LogP contribution < -0.4 is 5.32 Å². The maximum atomic E-state index is 10.6. The summed E-state index contributed by atoms with van der Waals surface area (Å²) < 4.78 is 0. The van der Waals surface area contributed by atoms with Gasteiger partial charge in [0.15, 0.2) is 0 Å². The molecule has 0 saturated carbocycles. The van der Waals surface area contributed by atoms with Crippen LogP contribution in [0.5, 0.6) is 0 Å². The first-order chi connectivity index (χ1) is 8.16. The topological polar surface area (TPSA) is 75.1 Å². The minimum atomic E-state index is -1.06. The van der Waals surface area contributed by atoms with Gasteiger partial charge in [-0.3, -0.25) is 0 Å². The van der Waals surface area contributed by atoms with Crippen LogP contribution in [0, 0.1) is 0 Å². The standard InChI is InChI=1S/C11H8ClN3O2/c12-8-3-1-2-4-9(8)15-11-13-5-7(6-14-11)10(16)17/h1-6H,(H,16,17)(H,13,14,15). The molecule has 0 aliphatic rings. The van der Waals surface area contributed by atoms with Gasteiger partial charge in [0, 0.05) is 12.4 Å². The van der Waals surface area contributed by atoms with Crippen LogP contribution in [-0.2, 0) is 0 Å². The van der Waals surface area contributed by atoms with Crippen molar-refractivity contribution in [1.82, 2.24) is 9.97 Å². The lowest BCUT2D eigenvalue weighted by atomic mass is 10.3. The SMILES string of the molecule is O=C(O)c1cnc(Nc2ccccc2Cl)nc1. The summed E-state index contributed by atoms with van der Waals surface area (Å²) in [5.74, 6) is -0.766. The van der Waals surface area contributed by atoms with Gasteiger partial charge in [-0.05, 0) is 12.1 Å². The highest BCUT2D eigenvalue weighted by Crippen LogP contribution is 2.22. The van der Waals surface area contributed by atoms with E-state index >= 15 is 0 Å². The molecule has 0 atom stereocenters. The van der Waals surface area contributed by atoms with Crippen LogP contribution in [0.3, 0.4) is 0 Å². The van der Waals surface area contributed by atoms with Crippen LogP contribution >= 0.6 is 11.6 Å². The van der Waals surface area contributed by atoms with Crippen LogP contribution in [0.1, 0.15) is 10.4 Å². The zero-order valence-corrected chi connectivity index (χ0v) is 9.35. The highest BCUT2D eigenvalue weighted by molar-refractivity contribution is 6.33.